The molecule has 0 N–H and O–H groups in total. The first kappa shape index (κ1) is 27.5. The van der Waals surface area contributed by atoms with E-state index in [4.69, 9.17) is 9.40 Å². The van der Waals surface area contributed by atoms with Crippen LogP contribution in [0, 0.1) is 0 Å². The number of hydrogen-bond acceptors (Lipinski definition) is 3. The quantitative estimate of drug-likeness (QED) is 0.142. The van der Waals surface area contributed by atoms with Crippen molar-refractivity contribution < 1.29 is 8.98 Å². The Labute approximate surface area is 272 Å². The minimum atomic E-state index is -3.05. The first-order chi connectivity index (χ1) is 23.2. The molecule has 47 heavy (non-hydrogen) atoms. The van der Waals surface area contributed by atoms with Crippen LogP contribution >= 0.6 is 7.14 Å². The molecule has 0 bridgehead atoms. The van der Waals surface area contributed by atoms with Crippen molar-refractivity contribution in [2.24, 2.45) is 0 Å². The fraction of sp³-hybridized carbons (Fsp3) is 0. The van der Waals surface area contributed by atoms with Crippen molar-refractivity contribution in [1.29, 1.82) is 0 Å². The molecule has 4 heteroatoms. The minimum absolute atomic E-state index is 0.812. The number of pyridine rings is 1. The van der Waals surface area contributed by atoms with Gasteiger partial charge in [-0.15, -0.1) is 0 Å². The molecule has 0 unspecified atom stereocenters. The second-order valence-corrected chi connectivity index (χ2v) is 14.6. The zero-order chi connectivity index (χ0) is 31.4. The van der Waals surface area contributed by atoms with Gasteiger partial charge in [-0.25, -0.2) is 4.98 Å². The lowest BCUT2D eigenvalue weighted by Gasteiger charge is -2.20. The normalized spacial score (nSPS) is 11.9. The largest absolute Gasteiger partial charge is 0.455 e. The maximum atomic E-state index is 14.9. The van der Waals surface area contributed by atoms with Gasteiger partial charge in [-0.1, -0.05) is 146 Å². The summed E-state index contributed by atoms with van der Waals surface area (Å²) in [5.41, 5.74) is 6.75. The van der Waals surface area contributed by atoms with Crippen molar-refractivity contribution in [1.82, 2.24) is 4.98 Å². The van der Waals surface area contributed by atoms with Gasteiger partial charge in [-0.05, 0) is 35.4 Å². The standard InChI is InChI=1S/C43H28NO2P/c45-47(32-14-3-1-4-15-32,33-16-5-2-6-17-33)34-24-22-29(23-25-34)30-12-11-13-31(28-30)42-38-27-26-36-35-18-8-10-21-40(35)46-43(36)41(38)37-19-7-9-20-39(37)44-42/h1-28H. The van der Waals surface area contributed by atoms with Crippen LogP contribution in [0.2, 0.25) is 0 Å². The Kier molecular flexibility index (Phi) is 6.41. The van der Waals surface area contributed by atoms with E-state index < -0.39 is 7.14 Å². The fourth-order valence-corrected chi connectivity index (χ4v) is 9.52. The van der Waals surface area contributed by atoms with Gasteiger partial charge in [0, 0.05) is 48.4 Å². The topological polar surface area (TPSA) is 43.1 Å². The molecular formula is C43H28NO2P. The molecule has 0 spiro atoms. The summed E-state index contributed by atoms with van der Waals surface area (Å²) in [6, 6.07) is 57.1. The molecule has 9 aromatic rings. The molecule has 0 saturated heterocycles. The van der Waals surface area contributed by atoms with Crippen molar-refractivity contribution in [3.8, 4) is 22.4 Å². The Morgan fingerprint density at radius 2 is 1.04 bits per heavy atom. The van der Waals surface area contributed by atoms with E-state index in [0.717, 1.165) is 81.9 Å². The highest BCUT2D eigenvalue weighted by Gasteiger charge is 2.29. The average molecular weight is 622 g/mol. The van der Waals surface area contributed by atoms with Crippen LogP contribution in [0.15, 0.2) is 174 Å². The lowest BCUT2D eigenvalue weighted by atomic mass is 9.96. The highest BCUT2D eigenvalue weighted by molar-refractivity contribution is 7.85. The van der Waals surface area contributed by atoms with E-state index in [9.17, 15) is 4.57 Å². The summed E-state index contributed by atoms with van der Waals surface area (Å²) in [4.78, 5) is 5.20. The van der Waals surface area contributed by atoms with Crippen LogP contribution in [-0.4, -0.2) is 4.98 Å². The Bertz CT molecular complexity index is 2600. The number of benzene rings is 7. The lowest BCUT2D eigenvalue weighted by molar-refractivity contribution is 0.592. The smallest absolute Gasteiger partial charge is 0.171 e. The molecule has 0 saturated carbocycles. The third-order valence-corrected chi connectivity index (χ3v) is 12.2. The predicted octanol–water partition coefficient (Wildman–Crippen LogP) is 10.3. The summed E-state index contributed by atoms with van der Waals surface area (Å²) in [6.07, 6.45) is 0. The molecule has 7 aromatic carbocycles. The van der Waals surface area contributed by atoms with Gasteiger partial charge in [0.05, 0.1) is 11.2 Å². The molecule has 3 nitrogen and oxygen atoms in total. The van der Waals surface area contributed by atoms with Crippen molar-refractivity contribution >= 4 is 66.7 Å². The predicted molar refractivity (Wildman–Crippen MR) is 197 cm³/mol. The fourth-order valence-electron chi connectivity index (χ4n) is 6.87. The SMILES string of the molecule is O=P(c1ccccc1)(c1ccccc1)c1ccc(-c2cccc(-c3nc4ccccc4c4c3ccc3c5ccccc5oc34)c2)cc1. The highest BCUT2D eigenvalue weighted by atomic mass is 31.2. The van der Waals surface area contributed by atoms with E-state index in [1.165, 1.54) is 0 Å². The summed E-state index contributed by atoms with van der Waals surface area (Å²) in [7, 11) is -3.05. The van der Waals surface area contributed by atoms with Crippen molar-refractivity contribution in [3.05, 3.63) is 170 Å². The van der Waals surface area contributed by atoms with Crippen LogP contribution < -0.4 is 15.9 Å². The number of nitrogens with zero attached hydrogens (tertiary/aromatic N) is 1. The van der Waals surface area contributed by atoms with E-state index in [-0.39, 0.29) is 0 Å². The van der Waals surface area contributed by atoms with Crippen LogP contribution in [0.3, 0.4) is 0 Å². The summed E-state index contributed by atoms with van der Waals surface area (Å²) in [6.45, 7) is 0. The number of aromatic nitrogens is 1. The third-order valence-electron chi connectivity index (χ3n) is 9.15. The van der Waals surface area contributed by atoms with Crippen molar-refractivity contribution in [2.45, 2.75) is 0 Å². The monoisotopic (exact) mass is 621 g/mol. The van der Waals surface area contributed by atoms with Gasteiger partial charge < -0.3 is 8.98 Å². The van der Waals surface area contributed by atoms with Crippen LogP contribution in [0.4, 0.5) is 0 Å². The van der Waals surface area contributed by atoms with Gasteiger partial charge in [-0.2, -0.15) is 0 Å². The number of furan rings is 1. The van der Waals surface area contributed by atoms with Crippen LogP contribution in [0.1, 0.15) is 0 Å². The summed E-state index contributed by atoms with van der Waals surface area (Å²) in [5, 5.41) is 7.88. The van der Waals surface area contributed by atoms with Crippen molar-refractivity contribution in [3.63, 3.8) is 0 Å². The zero-order valence-corrected chi connectivity index (χ0v) is 26.3. The van der Waals surface area contributed by atoms with Gasteiger partial charge >= 0.3 is 0 Å². The molecule has 9 rings (SSSR count). The van der Waals surface area contributed by atoms with Gasteiger partial charge in [0.15, 0.2) is 7.14 Å². The number of fused-ring (bicyclic) bond motifs is 7. The van der Waals surface area contributed by atoms with E-state index >= 15 is 0 Å². The Balaban J connectivity index is 1.18. The Hall–Kier alpha value is -5.76. The molecule has 222 valence electrons. The van der Waals surface area contributed by atoms with Gasteiger partial charge in [0.1, 0.15) is 11.2 Å². The van der Waals surface area contributed by atoms with Crippen LogP contribution in [0.5, 0.6) is 0 Å². The van der Waals surface area contributed by atoms with Crippen LogP contribution in [0.25, 0.3) is 66.0 Å². The minimum Gasteiger partial charge on any atom is -0.455 e. The lowest BCUT2D eigenvalue weighted by Crippen LogP contribution is -2.24. The van der Waals surface area contributed by atoms with E-state index in [1.807, 2.05) is 91.0 Å². The molecule has 0 radical (unpaired) electrons. The molecule has 0 aliphatic heterocycles. The molecule has 0 aliphatic rings. The van der Waals surface area contributed by atoms with E-state index in [2.05, 4.69) is 78.9 Å². The molecule has 0 aliphatic carbocycles. The second-order valence-electron chi connectivity index (χ2n) is 11.8. The first-order valence-electron chi connectivity index (χ1n) is 15.7. The number of para-hydroxylation sites is 2. The second kappa shape index (κ2) is 10.9. The molecule has 2 aromatic heterocycles. The molecule has 0 amide bonds. The third kappa shape index (κ3) is 4.43. The molecular weight excluding hydrogens is 593 g/mol. The maximum Gasteiger partial charge on any atom is 0.171 e. The average Bonchev–Trinajstić information content (AvgIpc) is 3.54. The number of hydrogen-bond donors (Lipinski definition) is 0. The van der Waals surface area contributed by atoms with Crippen LogP contribution in [-0.2, 0) is 4.57 Å². The van der Waals surface area contributed by atoms with E-state index in [0.29, 0.717) is 0 Å². The molecule has 0 atom stereocenters. The Morgan fingerprint density at radius 1 is 0.447 bits per heavy atom. The first-order valence-corrected chi connectivity index (χ1v) is 17.4. The maximum absolute atomic E-state index is 14.9. The molecule has 0 fully saturated rings. The zero-order valence-electron chi connectivity index (χ0n) is 25.4. The van der Waals surface area contributed by atoms with Gasteiger partial charge in [-0.3, -0.25) is 0 Å². The summed E-state index contributed by atoms with van der Waals surface area (Å²) >= 11 is 0. The summed E-state index contributed by atoms with van der Waals surface area (Å²) in [5.74, 6) is 0. The van der Waals surface area contributed by atoms with Gasteiger partial charge in [0.2, 0.25) is 0 Å². The summed E-state index contributed by atoms with van der Waals surface area (Å²) < 4.78 is 21.4. The van der Waals surface area contributed by atoms with Crippen molar-refractivity contribution in [2.75, 3.05) is 0 Å². The van der Waals surface area contributed by atoms with E-state index in [1.54, 1.807) is 0 Å². The number of rotatable bonds is 5. The highest BCUT2D eigenvalue weighted by Crippen LogP contribution is 2.43. The van der Waals surface area contributed by atoms with Gasteiger partial charge in [0.25, 0.3) is 0 Å². The molecule has 2 heterocycles. The Morgan fingerprint density at radius 3 is 1.79 bits per heavy atom.